The van der Waals surface area contributed by atoms with Gasteiger partial charge in [0.25, 0.3) is 5.91 Å². The van der Waals surface area contributed by atoms with E-state index in [-0.39, 0.29) is 18.2 Å². The van der Waals surface area contributed by atoms with Gasteiger partial charge in [0.2, 0.25) is 5.91 Å². The summed E-state index contributed by atoms with van der Waals surface area (Å²) in [5.74, 6) is -0.412. The first kappa shape index (κ1) is 15.9. The minimum absolute atomic E-state index is 0.127. The predicted octanol–water partition coefficient (Wildman–Crippen LogP) is 3.06. The summed E-state index contributed by atoms with van der Waals surface area (Å²) in [7, 11) is 0. The maximum Gasteiger partial charge on any atom is 0.260 e. The van der Waals surface area contributed by atoms with Crippen LogP contribution >= 0.6 is 23.1 Å². The second-order valence-corrected chi connectivity index (χ2v) is 7.35. The quantitative estimate of drug-likeness (QED) is 0.904. The molecule has 7 heteroatoms. The predicted molar refractivity (Wildman–Crippen MR) is 94.1 cm³/mol. The normalized spacial score (nSPS) is 17.2. The van der Waals surface area contributed by atoms with Crippen molar-refractivity contribution in [3.05, 3.63) is 46.4 Å². The van der Waals surface area contributed by atoms with Crippen LogP contribution in [0.4, 0.5) is 5.69 Å². The Balaban J connectivity index is 1.54. The van der Waals surface area contributed by atoms with Crippen LogP contribution in [0.3, 0.4) is 0 Å². The van der Waals surface area contributed by atoms with Crippen LogP contribution in [0.5, 0.6) is 0 Å². The molecule has 2 heterocycles. The molecule has 0 aliphatic carbocycles. The molecule has 0 fully saturated rings. The summed E-state index contributed by atoms with van der Waals surface area (Å²) >= 11 is 2.93. The average molecular weight is 345 g/mol. The first-order valence-corrected chi connectivity index (χ1v) is 8.90. The van der Waals surface area contributed by atoms with Crippen molar-refractivity contribution >= 4 is 45.6 Å². The maximum absolute atomic E-state index is 12.0. The maximum atomic E-state index is 12.0. The van der Waals surface area contributed by atoms with E-state index >= 15 is 0 Å². The van der Waals surface area contributed by atoms with Gasteiger partial charge in [-0.2, -0.15) is 0 Å². The molecule has 3 rings (SSSR count). The Morgan fingerprint density at radius 2 is 2.09 bits per heavy atom. The summed E-state index contributed by atoms with van der Waals surface area (Å²) in [5, 5.41) is 6.01. The number of hydrogen-bond donors (Lipinski definition) is 1. The van der Waals surface area contributed by atoms with Crippen molar-refractivity contribution in [1.82, 2.24) is 4.98 Å². The number of para-hydroxylation sites is 1. The number of thioether (sulfide) groups is 1. The van der Waals surface area contributed by atoms with Gasteiger partial charge in [0.15, 0.2) is 0 Å². The van der Waals surface area contributed by atoms with Crippen molar-refractivity contribution in [2.24, 2.45) is 4.99 Å². The first-order chi connectivity index (χ1) is 11.1. The Bertz CT molecular complexity index is 756. The fourth-order valence-electron chi connectivity index (χ4n) is 2.16. The molecule has 1 aliphatic heterocycles. The second-order valence-electron chi connectivity index (χ2n) is 5.13. The molecular weight excluding hydrogens is 330 g/mol. The second kappa shape index (κ2) is 7.06. The third kappa shape index (κ3) is 4.27. The van der Waals surface area contributed by atoms with Crippen LogP contribution < -0.4 is 5.32 Å². The lowest BCUT2D eigenvalue weighted by Gasteiger charge is -2.08. The van der Waals surface area contributed by atoms with Crippen LogP contribution in [0.15, 0.2) is 40.7 Å². The molecule has 0 spiro atoms. The number of aryl methyl sites for hydroxylation is 1. The highest BCUT2D eigenvalue weighted by Crippen LogP contribution is 2.28. The number of benzene rings is 1. The van der Waals surface area contributed by atoms with E-state index in [1.165, 1.54) is 11.8 Å². The summed E-state index contributed by atoms with van der Waals surface area (Å²) in [6.45, 7) is 1.94. The van der Waals surface area contributed by atoms with Gasteiger partial charge < -0.3 is 5.32 Å². The lowest BCUT2D eigenvalue weighted by molar-refractivity contribution is -0.121. The van der Waals surface area contributed by atoms with Crippen LogP contribution in [0.1, 0.15) is 17.1 Å². The van der Waals surface area contributed by atoms with Gasteiger partial charge in [0.1, 0.15) is 5.25 Å². The van der Waals surface area contributed by atoms with Crippen molar-refractivity contribution < 1.29 is 9.59 Å². The number of rotatable bonds is 5. The number of anilines is 1. The van der Waals surface area contributed by atoms with Crippen molar-refractivity contribution in [2.45, 2.75) is 25.0 Å². The van der Waals surface area contributed by atoms with Crippen molar-refractivity contribution in [3.8, 4) is 0 Å². The molecule has 23 heavy (non-hydrogen) atoms. The molecule has 0 saturated carbocycles. The van der Waals surface area contributed by atoms with Gasteiger partial charge >= 0.3 is 0 Å². The summed E-state index contributed by atoms with van der Waals surface area (Å²) in [6, 6.07) is 9.21. The van der Waals surface area contributed by atoms with E-state index in [0.717, 1.165) is 21.4 Å². The van der Waals surface area contributed by atoms with Gasteiger partial charge in [-0.1, -0.05) is 30.0 Å². The monoisotopic (exact) mass is 345 g/mol. The lowest BCUT2D eigenvalue weighted by Crippen LogP contribution is -2.21. The lowest BCUT2D eigenvalue weighted by atomic mass is 10.2. The van der Waals surface area contributed by atoms with Crippen molar-refractivity contribution in [2.75, 3.05) is 5.32 Å². The molecule has 1 aromatic carbocycles. The number of nitrogens with zero attached hydrogens (tertiary/aromatic N) is 2. The Kier molecular flexibility index (Phi) is 4.88. The standard InChI is InChI=1S/C16H15N3O2S2/c1-10-9-22-14(17-10)8-15-19-16(21)12(23-15)7-13(20)18-11-5-3-2-4-6-11/h2-6,9,12H,7-8H2,1H3,(H,18,20)/t12-/m0/s1. The average Bonchev–Trinajstić information content (AvgIpc) is 3.06. The van der Waals surface area contributed by atoms with Gasteiger partial charge in [0, 0.05) is 29.6 Å². The van der Waals surface area contributed by atoms with E-state index < -0.39 is 5.25 Å². The Morgan fingerprint density at radius 3 is 2.78 bits per heavy atom. The van der Waals surface area contributed by atoms with E-state index in [0.29, 0.717) is 6.42 Å². The smallest absolute Gasteiger partial charge is 0.260 e. The number of hydrogen-bond acceptors (Lipinski definition) is 5. The molecule has 5 nitrogen and oxygen atoms in total. The highest BCUT2D eigenvalue weighted by molar-refractivity contribution is 8.15. The van der Waals surface area contributed by atoms with Crippen molar-refractivity contribution in [1.29, 1.82) is 0 Å². The van der Waals surface area contributed by atoms with E-state index in [4.69, 9.17) is 0 Å². The van der Waals surface area contributed by atoms with E-state index in [1.54, 1.807) is 11.3 Å². The minimum atomic E-state index is -0.435. The molecule has 1 N–H and O–H groups in total. The Morgan fingerprint density at radius 1 is 1.30 bits per heavy atom. The zero-order chi connectivity index (χ0) is 16.2. The number of thiazole rings is 1. The highest BCUT2D eigenvalue weighted by Gasteiger charge is 2.30. The molecule has 0 radical (unpaired) electrons. The van der Waals surface area contributed by atoms with Gasteiger partial charge in [0.05, 0.1) is 10.1 Å². The fraction of sp³-hybridized carbons (Fsp3) is 0.250. The van der Waals surface area contributed by atoms with Gasteiger partial charge in [-0.05, 0) is 19.1 Å². The SMILES string of the molecule is Cc1csc(CC2=NC(=O)[C@H](CC(=O)Nc3ccccc3)S2)n1. The zero-order valence-corrected chi connectivity index (χ0v) is 14.1. The molecular formula is C16H15N3O2S2. The topological polar surface area (TPSA) is 71.4 Å². The summed E-state index contributed by atoms with van der Waals surface area (Å²) in [5.41, 5.74) is 1.70. The molecule has 0 bridgehead atoms. The molecule has 1 aliphatic rings. The largest absolute Gasteiger partial charge is 0.326 e. The molecule has 1 aromatic heterocycles. The van der Waals surface area contributed by atoms with Gasteiger partial charge in [-0.3, -0.25) is 9.59 Å². The third-order valence-electron chi connectivity index (χ3n) is 3.19. The van der Waals surface area contributed by atoms with Crippen LogP contribution in [-0.4, -0.2) is 27.1 Å². The van der Waals surface area contributed by atoms with Crippen LogP contribution in [0.25, 0.3) is 0 Å². The summed E-state index contributed by atoms with van der Waals surface area (Å²) in [4.78, 5) is 32.4. The fourth-order valence-corrected chi connectivity index (χ4v) is 4.11. The number of amides is 2. The number of carbonyl (C=O) groups is 2. The van der Waals surface area contributed by atoms with E-state index in [9.17, 15) is 9.59 Å². The molecule has 0 unspecified atom stereocenters. The van der Waals surface area contributed by atoms with Gasteiger partial charge in [-0.15, -0.1) is 11.3 Å². The zero-order valence-electron chi connectivity index (χ0n) is 12.5. The molecule has 2 amide bonds. The van der Waals surface area contributed by atoms with Crippen LogP contribution in [0, 0.1) is 6.92 Å². The summed E-state index contributed by atoms with van der Waals surface area (Å²) in [6.07, 6.45) is 0.689. The Hall–Kier alpha value is -1.99. The number of nitrogens with one attached hydrogen (secondary N) is 1. The Labute approximate surface area is 142 Å². The van der Waals surface area contributed by atoms with Crippen molar-refractivity contribution in [3.63, 3.8) is 0 Å². The van der Waals surface area contributed by atoms with E-state index in [2.05, 4.69) is 15.3 Å². The highest BCUT2D eigenvalue weighted by atomic mass is 32.2. The molecule has 118 valence electrons. The van der Waals surface area contributed by atoms with Crippen LogP contribution in [-0.2, 0) is 16.0 Å². The van der Waals surface area contributed by atoms with Crippen LogP contribution in [0.2, 0.25) is 0 Å². The number of carbonyl (C=O) groups excluding carboxylic acids is 2. The number of aliphatic imine (C=N–C) groups is 1. The minimum Gasteiger partial charge on any atom is -0.326 e. The van der Waals surface area contributed by atoms with Gasteiger partial charge in [-0.25, -0.2) is 9.98 Å². The molecule has 1 atom stereocenters. The summed E-state index contributed by atoms with van der Waals surface area (Å²) < 4.78 is 0. The first-order valence-electron chi connectivity index (χ1n) is 7.14. The molecule has 0 saturated heterocycles. The van der Waals surface area contributed by atoms with E-state index in [1.807, 2.05) is 42.6 Å². The third-order valence-corrected chi connectivity index (χ3v) is 5.31. The molecule has 2 aromatic rings. The number of aromatic nitrogens is 1.